The molecule has 3 aromatic rings. The Bertz CT molecular complexity index is 988. The third kappa shape index (κ3) is 4.48. The molecule has 0 atom stereocenters. The Morgan fingerprint density at radius 3 is 2.50 bits per heavy atom. The highest BCUT2D eigenvalue weighted by Crippen LogP contribution is 2.22. The van der Waals surface area contributed by atoms with Crippen LogP contribution in [0, 0.1) is 13.8 Å². The Labute approximate surface area is 165 Å². The summed E-state index contributed by atoms with van der Waals surface area (Å²) in [5.41, 5.74) is 3.10. The van der Waals surface area contributed by atoms with E-state index in [1.807, 2.05) is 25.1 Å². The van der Waals surface area contributed by atoms with E-state index in [0.29, 0.717) is 34.2 Å². The summed E-state index contributed by atoms with van der Waals surface area (Å²) in [7, 11) is 0. The number of aromatic nitrogens is 2. The molecule has 0 aliphatic carbocycles. The van der Waals surface area contributed by atoms with Gasteiger partial charge in [0.25, 0.3) is 5.91 Å². The second-order valence-electron chi connectivity index (χ2n) is 6.15. The van der Waals surface area contributed by atoms with Crippen LogP contribution < -0.4 is 10.1 Å². The van der Waals surface area contributed by atoms with E-state index in [-0.39, 0.29) is 11.7 Å². The number of ether oxygens (including phenoxy) is 1. The van der Waals surface area contributed by atoms with Crippen LogP contribution in [-0.4, -0.2) is 22.3 Å². The van der Waals surface area contributed by atoms with Crippen LogP contribution in [0.1, 0.15) is 27.3 Å². The van der Waals surface area contributed by atoms with E-state index in [4.69, 9.17) is 11.6 Å². The van der Waals surface area contributed by atoms with Crippen molar-refractivity contribution in [1.29, 1.82) is 0 Å². The SMILES string of the molecule is Cc1nn(Cc2ccccc2Cl)c(C)c1C(=O)Nc1ccc(OC(F)F)cc1. The summed E-state index contributed by atoms with van der Waals surface area (Å²) in [6.45, 7) is 1.12. The Hall–Kier alpha value is -2.93. The van der Waals surface area contributed by atoms with Gasteiger partial charge in [0.15, 0.2) is 0 Å². The number of aryl methyl sites for hydroxylation is 1. The van der Waals surface area contributed by atoms with Crippen LogP contribution in [0.3, 0.4) is 0 Å². The molecule has 146 valence electrons. The van der Waals surface area contributed by atoms with Crippen LogP contribution in [0.15, 0.2) is 48.5 Å². The molecule has 0 unspecified atom stereocenters. The van der Waals surface area contributed by atoms with E-state index >= 15 is 0 Å². The molecule has 0 aliphatic heterocycles. The van der Waals surface area contributed by atoms with Gasteiger partial charge in [-0.15, -0.1) is 0 Å². The molecule has 0 fully saturated rings. The van der Waals surface area contributed by atoms with Gasteiger partial charge in [-0.3, -0.25) is 9.48 Å². The van der Waals surface area contributed by atoms with Gasteiger partial charge in [-0.2, -0.15) is 13.9 Å². The summed E-state index contributed by atoms with van der Waals surface area (Å²) in [6, 6.07) is 13.2. The Balaban J connectivity index is 1.77. The van der Waals surface area contributed by atoms with Gasteiger partial charge in [-0.25, -0.2) is 0 Å². The number of halogens is 3. The minimum atomic E-state index is -2.89. The van der Waals surface area contributed by atoms with Crippen LogP contribution in [0.2, 0.25) is 5.02 Å². The summed E-state index contributed by atoms with van der Waals surface area (Å²) in [5, 5.41) is 7.83. The van der Waals surface area contributed by atoms with Crippen molar-refractivity contribution in [3.8, 4) is 5.75 Å². The van der Waals surface area contributed by atoms with Crippen LogP contribution in [0.25, 0.3) is 0 Å². The van der Waals surface area contributed by atoms with Crippen molar-refractivity contribution < 1.29 is 18.3 Å². The third-order valence-corrected chi connectivity index (χ3v) is 4.59. The maximum Gasteiger partial charge on any atom is 0.387 e. The number of nitrogens with one attached hydrogen (secondary N) is 1. The van der Waals surface area contributed by atoms with Crippen molar-refractivity contribution in [2.24, 2.45) is 0 Å². The Morgan fingerprint density at radius 1 is 1.18 bits per heavy atom. The van der Waals surface area contributed by atoms with Gasteiger partial charge in [0, 0.05) is 16.4 Å². The number of benzene rings is 2. The van der Waals surface area contributed by atoms with Crippen LogP contribution >= 0.6 is 11.6 Å². The predicted octanol–water partition coefficient (Wildman–Crippen LogP) is 5.06. The maximum atomic E-state index is 12.7. The summed E-state index contributed by atoms with van der Waals surface area (Å²) >= 11 is 6.21. The zero-order valence-corrected chi connectivity index (χ0v) is 16.0. The number of carbonyl (C=O) groups excluding carboxylic acids is 1. The second kappa shape index (κ2) is 8.39. The molecule has 3 rings (SSSR count). The molecule has 5 nitrogen and oxygen atoms in total. The van der Waals surface area contributed by atoms with Crippen LogP contribution in [0.5, 0.6) is 5.75 Å². The molecular weight excluding hydrogens is 388 g/mol. The second-order valence-corrected chi connectivity index (χ2v) is 6.56. The van der Waals surface area contributed by atoms with E-state index in [1.54, 1.807) is 17.7 Å². The van der Waals surface area contributed by atoms with E-state index in [0.717, 1.165) is 5.56 Å². The number of amides is 1. The summed E-state index contributed by atoms with van der Waals surface area (Å²) in [4.78, 5) is 12.7. The lowest BCUT2D eigenvalue weighted by Gasteiger charge is -2.09. The molecule has 28 heavy (non-hydrogen) atoms. The Kier molecular flexibility index (Phi) is 5.94. The molecule has 1 aromatic heterocycles. The van der Waals surface area contributed by atoms with Crippen molar-refractivity contribution in [3.05, 3.63) is 76.1 Å². The number of rotatable bonds is 6. The first-order valence-electron chi connectivity index (χ1n) is 8.49. The molecule has 0 spiro atoms. The largest absolute Gasteiger partial charge is 0.435 e. The van der Waals surface area contributed by atoms with Crippen molar-refractivity contribution in [1.82, 2.24) is 9.78 Å². The topological polar surface area (TPSA) is 56.2 Å². The highest BCUT2D eigenvalue weighted by molar-refractivity contribution is 6.31. The highest BCUT2D eigenvalue weighted by Gasteiger charge is 2.19. The normalized spacial score (nSPS) is 10.9. The van der Waals surface area contributed by atoms with Gasteiger partial charge in [0.1, 0.15) is 5.75 Å². The molecule has 8 heteroatoms. The molecule has 0 saturated heterocycles. The fourth-order valence-electron chi connectivity index (χ4n) is 2.88. The lowest BCUT2D eigenvalue weighted by atomic mass is 10.1. The fourth-order valence-corrected chi connectivity index (χ4v) is 3.08. The lowest BCUT2D eigenvalue weighted by Crippen LogP contribution is -2.14. The van der Waals surface area contributed by atoms with E-state index < -0.39 is 6.61 Å². The quantitative estimate of drug-likeness (QED) is 0.624. The molecule has 0 aliphatic rings. The van der Waals surface area contributed by atoms with Gasteiger partial charge < -0.3 is 10.1 Å². The maximum absolute atomic E-state index is 12.7. The summed E-state index contributed by atoms with van der Waals surface area (Å²) < 4.78 is 30.5. The Morgan fingerprint density at radius 2 is 1.86 bits per heavy atom. The van der Waals surface area contributed by atoms with Gasteiger partial charge in [-0.05, 0) is 49.7 Å². The smallest absolute Gasteiger partial charge is 0.387 e. The zero-order chi connectivity index (χ0) is 20.3. The van der Waals surface area contributed by atoms with E-state index in [1.165, 1.54) is 24.3 Å². The minimum Gasteiger partial charge on any atom is -0.435 e. The minimum absolute atomic E-state index is 0.0212. The standard InChI is InChI=1S/C20H18ClF2N3O2/c1-12-18(13(2)26(25-12)11-14-5-3-4-6-17(14)21)19(27)24-15-7-9-16(10-8-15)28-20(22)23/h3-10,20H,11H2,1-2H3,(H,24,27). The average molecular weight is 406 g/mol. The van der Waals surface area contributed by atoms with Crippen LogP contribution in [0.4, 0.5) is 14.5 Å². The number of nitrogens with zero attached hydrogens (tertiary/aromatic N) is 2. The zero-order valence-electron chi connectivity index (χ0n) is 15.2. The lowest BCUT2D eigenvalue weighted by molar-refractivity contribution is -0.0498. The highest BCUT2D eigenvalue weighted by atomic mass is 35.5. The predicted molar refractivity (Wildman–Crippen MR) is 103 cm³/mol. The van der Waals surface area contributed by atoms with Gasteiger partial charge in [-0.1, -0.05) is 29.8 Å². The van der Waals surface area contributed by atoms with Gasteiger partial charge in [0.2, 0.25) is 0 Å². The van der Waals surface area contributed by atoms with Crippen molar-refractivity contribution in [2.75, 3.05) is 5.32 Å². The number of hydrogen-bond acceptors (Lipinski definition) is 3. The third-order valence-electron chi connectivity index (χ3n) is 4.22. The molecule has 0 saturated carbocycles. The number of anilines is 1. The van der Waals surface area contributed by atoms with Crippen molar-refractivity contribution in [3.63, 3.8) is 0 Å². The molecular formula is C20H18ClF2N3O2. The van der Waals surface area contributed by atoms with Gasteiger partial charge >= 0.3 is 6.61 Å². The molecule has 0 radical (unpaired) electrons. The molecule has 1 amide bonds. The first kappa shape index (κ1) is 19.8. The number of alkyl halides is 2. The van der Waals surface area contributed by atoms with Crippen molar-refractivity contribution >= 4 is 23.2 Å². The number of hydrogen-bond donors (Lipinski definition) is 1. The summed E-state index contributed by atoms with van der Waals surface area (Å²) in [5.74, 6) is -0.309. The molecule has 1 N–H and O–H groups in total. The first-order valence-corrected chi connectivity index (χ1v) is 8.86. The molecule has 2 aromatic carbocycles. The van der Waals surface area contributed by atoms with E-state index in [9.17, 15) is 13.6 Å². The van der Waals surface area contributed by atoms with E-state index in [2.05, 4.69) is 15.2 Å². The fraction of sp³-hybridized carbons (Fsp3) is 0.200. The molecule has 0 bridgehead atoms. The molecule has 1 heterocycles. The number of carbonyl (C=O) groups is 1. The monoisotopic (exact) mass is 405 g/mol. The summed E-state index contributed by atoms with van der Waals surface area (Å²) in [6.07, 6.45) is 0. The van der Waals surface area contributed by atoms with Gasteiger partial charge in [0.05, 0.1) is 17.8 Å². The van der Waals surface area contributed by atoms with Crippen molar-refractivity contribution in [2.45, 2.75) is 27.0 Å². The van der Waals surface area contributed by atoms with Crippen LogP contribution in [-0.2, 0) is 6.54 Å². The first-order chi connectivity index (χ1) is 13.3. The average Bonchev–Trinajstić information content (AvgIpc) is 2.92.